The average molecular weight is 223 g/mol. The molecule has 1 heterocycles. The fourth-order valence-corrected chi connectivity index (χ4v) is 3.05. The molecule has 1 nitrogen and oxygen atoms in total. The fourth-order valence-electron chi connectivity index (χ4n) is 2.86. The first-order chi connectivity index (χ1) is 7.31. The molecule has 1 aromatic rings. The van der Waals surface area contributed by atoms with Crippen molar-refractivity contribution in [2.75, 3.05) is 6.61 Å². The van der Waals surface area contributed by atoms with E-state index in [1.165, 1.54) is 31.2 Å². The van der Waals surface area contributed by atoms with Crippen molar-refractivity contribution in [1.29, 1.82) is 0 Å². The summed E-state index contributed by atoms with van der Waals surface area (Å²) in [7, 11) is 0. The van der Waals surface area contributed by atoms with Gasteiger partial charge in [0.25, 0.3) is 0 Å². The summed E-state index contributed by atoms with van der Waals surface area (Å²) < 4.78 is 5.76. The number of halogens is 1. The first-order valence-electron chi connectivity index (χ1n) is 5.71. The summed E-state index contributed by atoms with van der Waals surface area (Å²) in [6.45, 7) is 0.887. The topological polar surface area (TPSA) is 12.5 Å². The SMILES string of the molecule is Clc1cccc(C2(C3CCCC3)CO2)c1. The van der Waals surface area contributed by atoms with Crippen LogP contribution in [0.25, 0.3) is 0 Å². The van der Waals surface area contributed by atoms with E-state index in [1.807, 2.05) is 12.1 Å². The second kappa shape index (κ2) is 3.50. The first-order valence-corrected chi connectivity index (χ1v) is 6.09. The highest BCUT2D eigenvalue weighted by molar-refractivity contribution is 6.30. The number of hydrogen-bond donors (Lipinski definition) is 0. The van der Waals surface area contributed by atoms with E-state index in [9.17, 15) is 0 Å². The van der Waals surface area contributed by atoms with Gasteiger partial charge in [-0.05, 0) is 36.5 Å². The third-order valence-corrected chi connectivity index (χ3v) is 4.02. The van der Waals surface area contributed by atoms with E-state index in [2.05, 4.69) is 12.1 Å². The van der Waals surface area contributed by atoms with Crippen molar-refractivity contribution in [3.63, 3.8) is 0 Å². The summed E-state index contributed by atoms with van der Waals surface area (Å²) in [5.41, 5.74) is 1.31. The molecule has 1 aromatic carbocycles. The van der Waals surface area contributed by atoms with Crippen LogP contribution in [0.15, 0.2) is 24.3 Å². The van der Waals surface area contributed by atoms with Crippen LogP contribution in [0.3, 0.4) is 0 Å². The summed E-state index contributed by atoms with van der Waals surface area (Å²) in [4.78, 5) is 0. The molecule has 3 rings (SSSR count). The van der Waals surface area contributed by atoms with E-state index in [-0.39, 0.29) is 5.60 Å². The normalized spacial score (nSPS) is 30.7. The zero-order valence-corrected chi connectivity index (χ0v) is 9.46. The lowest BCUT2D eigenvalue weighted by Gasteiger charge is -2.19. The molecule has 2 aliphatic rings. The lowest BCUT2D eigenvalue weighted by molar-refractivity contribution is 0.220. The molecule has 1 saturated heterocycles. The van der Waals surface area contributed by atoms with E-state index >= 15 is 0 Å². The largest absolute Gasteiger partial charge is 0.364 e. The molecule has 1 unspecified atom stereocenters. The Labute approximate surface area is 95.4 Å². The van der Waals surface area contributed by atoms with Crippen molar-refractivity contribution < 1.29 is 4.74 Å². The van der Waals surface area contributed by atoms with Gasteiger partial charge < -0.3 is 4.74 Å². The van der Waals surface area contributed by atoms with Crippen molar-refractivity contribution >= 4 is 11.6 Å². The van der Waals surface area contributed by atoms with Crippen molar-refractivity contribution in [2.45, 2.75) is 31.3 Å². The molecule has 0 aromatic heterocycles. The second-order valence-electron chi connectivity index (χ2n) is 4.67. The van der Waals surface area contributed by atoms with Crippen LogP contribution in [0.5, 0.6) is 0 Å². The molecular weight excluding hydrogens is 208 g/mol. The van der Waals surface area contributed by atoms with Gasteiger partial charge in [0.1, 0.15) is 5.60 Å². The summed E-state index contributed by atoms with van der Waals surface area (Å²) in [5.74, 6) is 0.718. The van der Waals surface area contributed by atoms with Crippen LogP contribution in [-0.2, 0) is 10.3 Å². The Balaban J connectivity index is 1.92. The van der Waals surface area contributed by atoms with Crippen molar-refractivity contribution in [2.24, 2.45) is 5.92 Å². The highest BCUT2D eigenvalue weighted by atomic mass is 35.5. The van der Waals surface area contributed by atoms with Crippen LogP contribution < -0.4 is 0 Å². The molecule has 0 radical (unpaired) electrons. The van der Waals surface area contributed by atoms with Gasteiger partial charge in [-0.3, -0.25) is 0 Å². The standard InChI is InChI=1S/C13H15ClO/c14-12-7-3-6-11(8-12)13(9-15-13)10-4-1-2-5-10/h3,6-8,10H,1-2,4-5,9H2. The molecule has 1 aliphatic carbocycles. The lowest BCUT2D eigenvalue weighted by atomic mass is 9.85. The van der Waals surface area contributed by atoms with Gasteiger partial charge in [0, 0.05) is 5.02 Å². The first kappa shape index (κ1) is 9.68. The smallest absolute Gasteiger partial charge is 0.119 e. The summed E-state index contributed by atoms with van der Waals surface area (Å²) in [6, 6.07) is 8.16. The summed E-state index contributed by atoms with van der Waals surface area (Å²) >= 11 is 6.03. The van der Waals surface area contributed by atoms with E-state index in [0.29, 0.717) is 0 Å². The Bertz CT molecular complexity index is 365. The third kappa shape index (κ3) is 1.58. The van der Waals surface area contributed by atoms with Crippen LogP contribution in [-0.4, -0.2) is 6.61 Å². The Morgan fingerprint density at radius 1 is 1.27 bits per heavy atom. The van der Waals surface area contributed by atoms with Crippen molar-refractivity contribution in [1.82, 2.24) is 0 Å². The molecule has 0 spiro atoms. The van der Waals surface area contributed by atoms with Crippen LogP contribution in [0, 0.1) is 5.92 Å². The predicted molar refractivity (Wildman–Crippen MR) is 61.0 cm³/mol. The number of hydrogen-bond acceptors (Lipinski definition) is 1. The Morgan fingerprint density at radius 2 is 2.00 bits per heavy atom. The van der Waals surface area contributed by atoms with Crippen LogP contribution >= 0.6 is 11.6 Å². The highest BCUT2D eigenvalue weighted by Crippen LogP contribution is 2.51. The predicted octanol–water partition coefficient (Wildman–Crippen LogP) is 3.76. The summed E-state index contributed by atoms with van der Waals surface area (Å²) in [6.07, 6.45) is 5.34. The minimum absolute atomic E-state index is 0.0292. The van der Waals surface area contributed by atoms with E-state index in [0.717, 1.165) is 17.5 Å². The third-order valence-electron chi connectivity index (χ3n) is 3.78. The number of epoxide rings is 1. The molecule has 0 bridgehead atoms. The molecule has 0 N–H and O–H groups in total. The molecule has 0 amide bonds. The molecule has 15 heavy (non-hydrogen) atoms. The average Bonchev–Trinajstić information content (AvgIpc) is 2.87. The van der Waals surface area contributed by atoms with Gasteiger partial charge in [-0.15, -0.1) is 0 Å². The molecule has 2 fully saturated rings. The van der Waals surface area contributed by atoms with Gasteiger partial charge in [-0.25, -0.2) is 0 Å². The maximum atomic E-state index is 6.03. The Kier molecular flexibility index (Phi) is 2.26. The van der Waals surface area contributed by atoms with E-state index in [1.54, 1.807) is 0 Å². The van der Waals surface area contributed by atoms with Crippen molar-refractivity contribution in [3.8, 4) is 0 Å². The Morgan fingerprint density at radius 3 is 2.60 bits per heavy atom. The molecule has 80 valence electrons. The molecule has 2 heteroatoms. The molecule has 1 aliphatic heterocycles. The minimum atomic E-state index is 0.0292. The van der Waals surface area contributed by atoms with Crippen molar-refractivity contribution in [3.05, 3.63) is 34.9 Å². The lowest BCUT2D eigenvalue weighted by Crippen LogP contribution is -2.19. The van der Waals surface area contributed by atoms with Gasteiger partial charge in [-0.2, -0.15) is 0 Å². The maximum Gasteiger partial charge on any atom is 0.119 e. The van der Waals surface area contributed by atoms with Crippen LogP contribution in [0.1, 0.15) is 31.2 Å². The quantitative estimate of drug-likeness (QED) is 0.695. The van der Waals surface area contributed by atoms with Gasteiger partial charge in [0.05, 0.1) is 6.61 Å². The zero-order chi connectivity index (χ0) is 10.3. The molecular formula is C13H15ClO. The number of ether oxygens (including phenoxy) is 1. The maximum absolute atomic E-state index is 6.03. The van der Waals surface area contributed by atoms with E-state index in [4.69, 9.17) is 16.3 Å². The van der Waals surface area contributed by atoms with Gasteiger partial charge in [0.15, 0.2) is 0 Å². The monoisotopic (exact) mass is 222 g/mol. The fraction of sp³-hybridized carbons (Fsp3) is 0.538. The highest BCUT2D eigenvalue weighted by Gasteiger charge is 2.53. The van der Waals surface area contributed by atoms with Crippen LogP contribution in [0.4, 0.5) is 0 Å². The zero-order valence-electron chi connectivity index (χ0n) is 8.71. The Hall–Kier alpha value is -0.530. The summed E-state index contributed by atoms with van der Waals surface area (Å²) in [5, 5.41) is 0.820. The van der Waals surface area contributed by atoms with Gasteiger partial charge in [-0.1, -0.05) is 36.6 Å². The molecule has 1 saturated carbocycles. The second-order valence-corrected chi connectivity index (χ2v) is 5.11. The minimum Gasteiger partial charge on any atom is -0.364 e. The molecule has 1 atom stereocenters. The number of benzene rings is 1. The number of rotatable bonds is 2. The van der Waals surface area contributed by atoms with E-state index < -0.39 is 0 Å². The van der Waals surface area contributed by atoms with Gasteiger partial charge in [0.2, 0.25) is 0 Å². The van der Waals surface area contributed by atoms with Crippen LogP contribution in [0.2, 0.25) is 5.02 Å². The van der Waals surface area contributed by atoms with Gasteiger partial charge >= 0.3 is 0 Å².